The fourth-order valence-electron chi connectivity index (χ4n) is 2.59. The summed E-state index contributed by atoms with van der Waals surface area (Å²) in [6.45, 7) is 3.94. The number of carbonyl (C=O) groups is 2. The molecule has 0 saturated heterocycles. The number of carboxylic acids is 1. The van der Waals surface area contributed by atoms with Gasteiger partial charge in [-0.1, -0.05) is 48.5 Å². The van der Waals surface area contributed by atoms with Gasteiger partial charge in [-0.05, 0) is 36.1 Å². The zero-order chi connectivity index (χ0) is 16.8. The van der Waals surface area contributed by atoms with Gasteiger partial charge in [0.05, 0.1) is 6.42 Å². The molecular weight excluding hydrogens is 290 g/mol. The monoisotopic (exact) mass is 311 g/mol. The third-order valence-corrected chi connectivity index (χ3v) is 3.87. The summed E-state index contributed by atoms with van der Waals surface area (Å²) >= 11 is 0. The van der Waals surface area contributed by atoms with Gasteiger partial charge in [-0.25, -0.2) is 0 Å². The van der Waals surface area contributed by atoms with Gasteiger partial charge in [0.1, 0.15) is 6.54 Å². The first-order chi connectivity index (χ1) is 11.0. The lowest BCUT2D eigenvalue weighted by molar-refractivity contribution is -0.144. The van der Waals surface area contributed by atoms with Gasteiger partial charge < -0.3 is 10.0 Å². The molecule has 0 spiro atoms. The van der Waals surface area contributed by atoms with E-state index in [2.05, 4.69) is 0 Å². The number of carbonyl (C=O) groups excluding carboxylic acids is 1. The summed E-state index contributed by atoms with van der Waals surface area (Å²) in [6.07, 6.45) is 0.221. The summed E-state index contributed by atoms with van der Waals surface area (Å²) in [5.74, 6) is -1.18. The molecule has 0 saturated carbocycles. The Kier molecular flexibility index (Phi) is 5.52. The Morgan fingerprint density at radius 1 is 0.957 bits per heavy atom. The number of aliphatic carboxylic acids is 1. The second-order valence-corrected chi connectivity index (χ2v) is 5.68. The topological polar surface area (TPSA) is 57.6 Å². The predicted molar refractivity (Wildman–Crippen MR) is 89.1 cm³/mol. The second kappa shape index (κ2) is 7.58. The quantitative estimate of drug-likeness (QED) is 0.892. The van der Waals surface area contributed by atoms with Crippen molar-refractivity contribution in [2.24, 2.45) is 0 Å². The molecule has 0 radical (unpaired) electrons. The number of nitrogens with zero attached hydrogens (tertiary/aromatic N) is 1. The van der Waals surface area contributed by atoms with Gasteiger partial charge in [-0.2, -0.15) is 0 Å². The molecule has 1 amide bonds. The Bertz CT molecular complexity index is 675. The summed E-state index contributed by atoms with van der Waals surface area (Å²) in [5.41, 5.74) is 3.99. The van der Waals surface area contributed by atoms with Crippen LogP contribution in [0.3, 0.4) is 0 Å². The highest BCUT2D eigenvalue weighted by atomic mass is 16.4. The highest BCUT2D eigenvalue weighted by Gasteiger charge is 2.19. The number of amides is 1. The van der Waals surface area contributed by atoms with Crippen molar-refractivity contribution in [2.45, 2.75) is 26.8 Å². The molecule has 23 heavy (non-hydrogen) atoms. The van der Waals surface area contributed by atoms with E-state index in [1.165, 1.54) is 4.90 Å². The van der Waals surface area contributed by atoms with Gasteiger partial charge in [-0.3, -0.25) is 9.59 Å². The minimum Gasteiger partial charge on any atom is -0.480 e. The van der Waals surface area contributed by atoms with Crippen LogP contribution in [-0.2, 0) is 22.6 Å². The van der Waals surface area contributed by atoms with Crippen molar-refractivity contribution in [3.05, 3.63) is 70.8 Å². The normalized spacial score (nSPS) is 10.3. The largest absolute Gasteiger partial charge is 0.480 e. The molecule has 4 nitrogen and oxygen atoms in total. The van der Waals surface area contributed by atoms with Crippen molar-refractivity contribution in [3.63, 3.8) is 0 Å². The van der Waals surface area contributed by atoms with E-state index in [0.29, 0.717) is 6.54 Å². The van der Waals surface area contributed by atoms with Crippen molar-refractivity contribution < 1.29 is 14.7 Å². The van der Waals surface area contributed by atoms with E-state index < -0.39 is 5.97 Å². The zero-order valence-electron chi connectivity index (χ0n) is 13.5. The minimum atomic E-state index is -1.00. The van der Waals surface area contributed by atoms with E-state index in [0.717, 1.165) is 22.3 Å². The first kappa shape index (κ1) is 16.7. The Labute approximate surface area is 136 Å². The van der Waals surface area contributed by atoms with Crippen molar-refractivity contribution in [1.82, 2.24) is 4.90 Å². The van der Waals surface area contributed by atoms with Crippen molar-refractivity contribution in [3.8, 4) is 0 Å². The molecule has 120 valence electrons. The predicted octanol–water partition coefficient (Wildman–Crippen LogP) is 2.96. The van der Waals surface area contributed by atoms with Gasteiger partial charge in [-0.15, -0.1) is 0 Å². The average Bonchev–Trinajstić information content (AvgIpc) is 2.51. The van der Waals surface area contributed by atoms with Crippen LogP contribution in [0.4, 0.5) is 0 Å². The molecule has 1 N–H and O–H groups in total. The lowest BCUT2D eigenvalue weighted by Crippen LogP contribution is -2.36. The number of hydrogen-bond donors (Lipinski definition) is 1. The lowest BCUT2D eigenvalue weighted by atomic mass is 9.99. The first-order valence-electron chi connectivity index (χ1n) is 7.56. The molecule has 0 unspecified atom stereocenters. The summed E-state index contributed by atoms with van der Waals surface area (Å²) in [5, 5.41) is 9.09. The Morgan fingerprint density at radius 3 is 2.13 bits per heavy atom. The van der Waals surface area contributed by atoms with Crippen LogP contribution in [0.1, 0.15) is 22.3 Å². The van der Waals surface area contributed by atoms with Crippen LogP contribution in [0.5, 0.6) is 0 Å². The van der Waals surface area contributed by atoms with Gasteiger partial charge in [0.15, 0.2) is 0 Å². The number of hydrogen-bond acceptors (Lipinski definition) is 2. The maximum absolute atomic E-state index is 12.6. The van der Waals surface area contributed by atoms with Crippen LogP contribution >= 0.6 is 0 Å². The summed E-state index contributed by atoms with van der Waals surface area (Å²) in [4.78, 5) is 25.1. The molecule has 0 heterocycles. The first-order valence-corrected chi connectivity index (χ1v) is 7.56. The Morgan fingerprint density at radius 2 is 1.57 bits per heavy atom. The van der Waals surface area contributed by atoms with Crippen LogP contribution < -0.4 is 0 Å². The molecule has 0 bridgehead atoms. The van der Waals surface area contributed by atoms with Crippen LogP contribution in [0.25, 0.3) is 0 Å². The summed E-state index contributed by atoms with van der Waals surface area (Å²) < 4.78 is 0. The van der Waals surface area contributed by atoms with Crippen LogP contribution in [0, 0.1) is 13.8 Å². The highest BCUT2D eigenvalue weighted by molar-refractivity contribution is 5.83. The smallest absolute Gasteiger partial charge is 0.323 e. The average molecular weight is 311 g/mol. The van der Waals surface area contributed by atoms with Gasteiger partial charge in [0.25, 0.3) is 0 Å². The van der Waals surface area contributed by atoms with Crippen LogP contribution in [0.2, 0.25) is 0 Å². The summed E-state index contributed by atoms with van der Waals surface area (Å²) in [6, 6.07) is 15.3. The Hall–Kier alpha value is -2.62. The number of carboxylic acid groups (broad SMARTS) is 1. The zero-order valence-corrected chi connectivity index (χ0v) is 13.5. The van der Waals surface area contributed by atoms with Gasteiger partial charge in [0.2, 0.25) is 5.91 Å². The van der Waals surface area contributed by atoms with Crippen molar-refractivity contribution in [2.75, 3.05) is 6.54 Å². The molecule has 4 heteroatoms. The maximum atomic E-state index is 12.6. The van der Waals surface area contributed by atoms with E-state index >= 15 is 0 Å². The fraction of sp³-hybridized carbons (Fsp3) is 0.263. The molecular formula is C19H21NO3. The Balaban J connectivity index is 2.18. The third kappa shape index (κ3) is 4.68. The molecule has 0 aliphatic carbocycles. The number of rotatable bonds is 6. The fourth-order valence-corrected chi connectivity index (χ4v) is 2.59. The highest BCUT2D eigenvalue weighted by Crippen LogP contribution is 2.16. The summed E-state index contributed by atoms with van der Waals surface area (Å²) in [7, 11) is 0. The van der Waals surface area contributed by atoms with Crippen LogP contribution in [-0.4, -0.2) is 28.4 Å². The van der Waals surface area contributed by atoms with Crippen LogP contribution in [0.15, 0.2) is 48.5 Å². The second-order valence-electron chi connectivity index (χ2n) is 5.68. The molecule has 0 fully saturated rings. The van der Waals surface area contributed by atoms with E-state index in [-0.39, 0.29) is 18.9 Å². The SMILES string of the molecule is Cc1cccc(C)c1CC(=O)N(CC(=O)O)Cc1ccccc1. The number of aryl methyl sites for hydroxylation is 2. The molecule has 0 atom stereocenters. The third-order valence-electron chi connectivity index (χ3n) is 3.87. The number of benzene rings is 2. The maximum Gasteiger partial charge on any atom is 0.323 e. The minimum absolute atomic E-state index is 0.173. The van der Waals surface area contributed by atoms with Crippen molar-refractivity contribution in [1.29, 1.82) is 0 Å². The van der Waals surface area contributed by atoms with E-state index in [9.17, 15) is 9.59 Å². The molecule has 0 aliphatic heterocycles. The lowest BCUT2D eigenvalue weighted by Gasteiger charge is -2.22. The molecule has 2 aromatic carbocycles. The molecule has 2 aromatic rings. The molecule has 2 rings (SSSR count). The molecule has 0 aromatic heterocycles. The van der Waals surface area contributed by atoms with Crippen molar-refractivity contribution >= 4 is 11.9 Å². The van der Waals surface area contributed by atoms with E-state index in [1.807, 2.05) is 62.4 Å². The van der Waals surface area contributed by atoms with Gasteiger partial charge in [0, 0.05) is 6.54 Å². The van der Waals surface area contributed by atoms with Gasteiger partial charge >= 0.3 is 5.97 Å². The van der Waals surface area contributed by atoms with E-state index in [1.54, 1.807) is 0 Å². The standard InChI is InChI=1S/C19H21NO3/c1-14-7-6-8-15(2)17(14)11-18(21)20(13-19(22)23)12-16-9-4-3-5-10-16/h3-10H,11-13H2,1-2H3,(H,22,23). The van der Waals surface area contributed by atoms with E-state index in [4.69, 9.17) is 5.11 Å². The molecule has 0 aliphatic rings.